The van der Waals surface area contributed by atoms with Gasteiger partial charge >= 0.3 is 5.69 Å². The Hall–Kier alpha value is -1.43. The SMILES string of the molecule is COc1ccc([N+](=O)[O-])c(OCCS)c1. The van der Waals surface area contributed by atoms with Crippen LogP contribution in [0.3, 0.4) is 0 Å². The van der Waals surface area contributed by atoms with Crippen molar-refractivity contribution in [2.24, 2.45) is 0 Å². The summed E-state index contributed by atoms with van der Waals surface area (Å²) in [5, 5.41) is 10.7. The molecule has 0 fully saturated rings. The average Bonchev–Trinajstić information content (AvgIpc) is 2.25. The first kappa shape index (κ1) is 11.6. The molecule has 0 aromatic heterocycles. The maximum absolute atomic E-state index is 10.7. The molecule has 5 nitrogen and oxygen atoms in total. The quantitative estimate of drug-likeness (QED) is 0.476. The van der Waals surface area contributed by atoms with E-state index in [2.05, 4.69) is 12.6 Å². The number of hydrogen-bond donors (Lipinski definition) is 1. The van der Waals surface area contributed by atoms with E-state index < -0.39 is 4.92 Å². The number of nitrogens with zero attached hydrogens (tertiary/aromatic N) is 1. The number of nitro groups is 1. The van der Waals surface area contributed by atoms with Crippen LogP contribution >= 0.6 is 12.6 Å². The van der Waals surface area contributed by atoms with Gasteiger partial charge in [0, 0.05) is 17.9 Å². The Morgan fingerprint density at radius 2 is 2.27 bits per heavy atom. The van der Waals surface area contributed by atoms with E-state index in [1.54, 1.807) is 0 Å². The largest absolute Gasteiger partial charge is 0.497 e. The molecule has 0 saturated carbocycles. The lowest BCUT2D eigenvalue weighted by atomic mass is 10.3. The van der Waals surface area contributed by atoms with Crippen molar-refractivity contribution in [2.75, 3.05) is 19.5 Å². The topological polar surface area (TPSA) is 61.6 Å². The highest BCUT2D eigenvalue weighted by molar-refractivity contribution is 7.80. The molecule has 0 atom stereocenters. The Morgan fingerprint density at radius 1 is 1.53 bits per heavy atom. The first-order valence-electron chi connectivity index (χ1n) is 4.25. The zero-order chi connectivity index (χ0) is 11.3. The Bertz CT molecular complexity index is 356. The standard InChI is InChI=1S/C9H11NO4S/c1-13-7-2-3-8(10(11)12)9(6-7)14-4-5-15/h2-3,6,15H,4-5H2,1H3. The average molecular weight is 229 g/mol. The normalized spacial score (nSPS) is 9.73. The van der Waals surface area contributed by atoms with Gasteiger partial charge in [0.2, 0.25) is 5.75 Å². The summed E-state index contributed by atoms with van der Waals surface area (Å²) in [5.74, 6) is 1.22. The Morgan fingerprint density at radius 3 is 2.80 bits per heavy atom. The smallest absolute Gasteiger partial charge is 0.311 e. The minimum absolute atomic E-state index is 0.0717. The van der Waals surface area contributed by atoms with Crippen molar-refractivity contribution in [1.82, 2.24) is 0 Å². The summed E-state index contributed by atoms with van der Waals surface area (Å²) in [6, 6.07) is 4.36. The first-order valence-corrected chi connectivity index (χ1v) is 4.88. The maximum atomic E-state index is 10.7. The van der Waals surface area contributed by atoms with Crippen LogP contribution in [0.25, 0.3) is 0 Å². The molecule has 6 heteroatoms. The van der Waals surface area contributed by atoms with Gasteiger partial charge in [0.15, 0.2) is 0 Å². The molecule has 0 radical (unpaired) electrons. The van der Waals surface area contributed by atoms with Crippen LogP contribution < -0.4 is 9.47 Å². The maximum Gasteiger partial charge on any atom is 0.311 e. The molecule has 0 amide bonds. The second-order valence-electron chi connectivity index (χ2n) is 2.66. The van der Waals surface area contributed by atoms with E-state index in [1.165, 1.54) is 25.3 Å². The predicted molar refractivity (Wildman–Crippen MR) is 59.0 cm³/mol. The van der Waals surface area contributed by atoms with Crippen molar-refractivity contribution in [2.45, 2.75) is 0 Å². The zero-order valence-corrected chi connectivity index (χ0v) is 9.07. The molecule has 0 bridgehead atoms. The summed E-state index contributed by atoms with van der Waals surface area (Å²) in [5.41, 5.74) is -0.0717. The summed E-state index contributed by atoms with van der Waals surface area (Å²) in [4.78, 5) is 10.2. The highest BCUT2D eigenvalue weighted by Gasteiger charge is 2.15. The van der Waals surface area contributed by atoms with Gasteiger partial charge in [-0.1, -0.05) is 0 Å². The molecule has 1 rings (SSSR count). The van der Waals surface area contributed by atoms with Crippen LogP contribution in [0.2, 0.25) is 0 Å². The lowest BCUT2D eigenvalue weighted by Gasteiger charge is -2.06. The summed E-state index contributed by atoms with van der Waals surface area (Å²) < 4.78 is 10.1. The van der Waals surface area contributed by atoms with Gasteiger partial charge in [-0.15, -0.1) is 0 Å². The van der Waals surface area contributed by atoms with Gasteiger partial charge in [0.25, 0.3) is 0 Å². The van der Waals surface area contributed by atoms with E-state index in [1.807, 2.05) is 0 Å². The lowest BCUT2D eigenvalue weighted by molar-refractivity contribution is -0.385. The number of rotatable bonds is 5. The van der Waals surface area contributed by atoms with Crippen LogP contribution in [-0.4, -0.2) is 24.4 Å². The molecule has 0 spiro atoms. The van der Waals surface area contributed by atoms with Crippen molar-refractivity contribution < 1.29 is 14.4 Å². The molecule has 1 aromatic carbocycles. The van der Waals surface area contributed by atoms with Gasteiger partial charge in [-0.05, 0) is 6.07 Å². The van der Waals surface area contributed by atoms with Crippen molar-refractivity contribution in [1.29, 1.82) is 0 Å². The number of benzene rings is 1. The van der Waals surface area contributed by atoms with Crippen molar-refractivity contribution in [3.05, 3.63) is 28.3 Å². The molecule has 1 aromatic rings. The van der Waals surface area contributed by atoms with Gasteiger partial charge in [-0.2, -0.15) is 12.6 Å². The van der Waals surface area contributed by atoms with Crippen LogP contribution in [0.5, 0.6) is 11.5 Å². The van der Waals surface area contributed by atoms with Crippen molar-refractivity contribution >= 4 is 18.3 Å². The fraction of sp³-hybridized carbons (Fsp3) is 0.333. The third kappa shape index (κ3) is 3.02. The molecule has 0 unspecified atom stereocenters. The molecule has 0 aliphatic heterocycles. The molecular formula is C9H11NO4S. The molecule has 0 heterocycles. The summed E-state index contributed by atoms with van der Waals surface area (Å²) in [6.45, 7) is 0.317. The third-order valence-electron chi connectivity index (χ3n) is 1.71. The van der Waals surface area contributed by atoms with E-state index >= 15 is 0 Å². The zero-order valence-electron chi connectivity index (χ0n) is 8.17. The Balaban J connectivity index is 2.99. The molecule has 0 aliphatic rings. The van der Waals surface area contributed by atoms with E-state index in [9.17, 15) is 10.1 Å². The summed E-state index contributed by atoms with van der Waals surface area (Å²) in [7, 11) is 1.49. The van der Waals surface area contributed by atoms with Crippen LogP contribution in [0.15, 0.2) is 18.2 Å². The van der Waals surface area contributed by atoms with Gasteiger partial charge < -0.3 is 9.47 Å². The first-order chi connectivity index (χ1) is 7.19. The van der Waals surface area contributed by atoms with E-state index in [0.717, 1.165) is 0 Å². The van der Waals surface area contributed by atoms with Gasteiger partial charge in [-0.3, -0.25) is 10.1 Å². The Kier molecular flexibility index (Phi) is 4.23. The van der Waals surface area contributed by atoms with E-state index in [-0.39, 0.29) is 11.4 Å². The minimum atomic E-state index is -0.493. The second-order valence-corrected chi connectivity index (χ2v) is 3.11. The van der Waals surface area contributed by atoms with E-state index in [4.69, 9.17) is 9.47 Å². The second kappa shape index (κ2) is 5.45. The van der Waals surface area contributed by atoms with Crippen LogP contribution in [0, 0.1) is 10.1 Å². The van der Waals surface area contributed by atoms with Crippen LogP contribution in [0.1, 0.15) is 0 Å². The van der Waals surface area contributed by atoms with Crippen LogP contribution in [0.4, 0.5) is 5.69 Å². The summed E-state index contributed by atoms with van der Waals surface area (Å²) >= 11 is 3.96. The van der Waals surface area contributed by atoms with Gasteiger partial charge in [-0.25, -0.2) is 0 Å². The van der Waals surface area contributed by atoms with Crippen molar-refractivity contribution in [3.63, 3.8) is 0 Å². The number of ether oxygens (including phenoxy) is 2. The fourth-order valence-electron chi connectivity index (χ4n) is 1.04. The lowest BCUT2D eigenvalue weighted by Crippen LogP contribution is -2.01. The highest BCUT2D eigenvalue weighted by atomic mass is 32.1. The van der Waals surface area contributed by atoms with Crippen molar-refractivity contribution in [3.8, 4) is 11.5 Å². The number of methoxy groups -OCH3 is 1. The molecule has 82 valence electrons. The van der Waals surface area contributed by atoms with Crippen LogP contribution in [-0.2, 0) is 0 Å². The Labute approximate surface area is 92.6 Å². The molecule has 15 heavy (non-hydrogen) atoms. The van der Waals surface area contributed by atoms with E-state index in [0.29, 0.717) is 18.1 Å². The predicted octanol–water partition coefficient (Wildman–Crippen LogP) is 1.91. The monoisotopic (exact) mass is 229 g/mol. The molecule has 0 aliphatic carbocycles. The van der Waals surface area contributed by atoms with Gasteiger partial charge in [0.05, 0.1) is 18.6 Å². The number of nitro benzene ring substituents is 1. The number of hydrogen-bond acceptors (Lipinski definition) is 5. The fourth-order valence-corrected chi connectivity index (χ4v) is 1.13. The summed E-state index contributed by atoms with van der Waals surface area (Å²) in [6.07, 6.45) is 0. The highest BCUT2D eigenvalue weighted by Crippen LogP contribution is 2.30. The molecular weight excluding hydrogens is 218 g/mol. The van der Waals surface area contributed by atoms with Gasteiger partial charge in [0.1, 0.15) is 5.75 Å². The number of thiol groups is 1. The third-order valence-corrected chi connectivity index (χ3v) is 1.90. The molecule has 0 N–H and O–H groups in total. The minimum Gasteiger partial charge on any atom is -0.497 e. The molecule has 0 saturated heterocycles.